The molecule has 0 unspecified atom stereocenters. The summed E-state index contributed by atoms with van der Waals surface area (Å²) in [6, 6.07) is 4.93. The molecule has 21 heavy (non-hydrogen) atoms. The largest absolute Gasteiger partial charge is 0.318 e. The van der Waals surface area contributed by atoms with Crippen molar-refractivity contribution in [3.63, 3.8) is 0 Å². The summed E-state index contributed by atoms with van der Waals surface area (Å²) in [5.41, 5.74) is 6.41. The van der Waals surface area contributed by atoms with Crippen molar-refractivity contribution in [1.29, 1.82) is 0 Å². The molecule has 0 aliphatic carbocycles. The van der Waals surface area contributed by atoms with Gasteiger partial charge < -0.3 is 5.43 Å². The zero-order valence-corrected chi connectivity index (χ0v) is 12.7. The molecule has 8 heteroatoms. The summed E-state index contributed by atoms with van der Waals surface area (Å²) in [6.45, 7) is 3.27. The highest BCUT2D eigenvalue weighted by Gasteiger charge is 2.17. The van der Waals surface area contributed by atoms with Crippen molar-refractivity contribution in [2.75, 3.05) is 12.5 Å². The SMILES string of the molecule is Cc1ncsc1CN(C)Cc1cccc([N+](=O)[O-])c1NN. The molecule has 3 N–H and O–H groups in total. The van der Waals surface area contributed by atoms with E-state index in [9.17, 15) is 10.1 Å². The lowest BCUT2D eigenvalue weighted by molar-refractivity contribution is -0.384. The maximum atomic E-state index is 11.0. The lowest BCUT2D eigenvalue weighted by Crippen LogP contribution is -2.20. The van der Waals surface area contributed by atoms with Gasteiger partial charge in [-0.1, -0.05) is 12.1 Å². The van der Waals surface area contributed by atoms with Crippen LogP contribution in [0.4, 0.5) is 11.4 Å². The molecular weight excluding hydrogens is 290 g/mol. The van der Waals surface area contributed by atoms with Gasteiger partial charge in [0.2, 0.25) is 0 Å². The van der Waals surface area contributed by atoms with Crippen LogP contribution in [0.1, 0.15) is 16.1 Å². The minimum absolute atomic E-state index is 0.0163. The van der Waals surface area contributed by atoms with Gasteiger partial charge in [-0.3, -0.25) is 20.9 Å². The molecule has 0 saturated carbocycles. The smallest absolute Gasteiger partial charge is 0.293 e. The van der Waals surface area contributed by atoms with E-state index in [1.54, 1.807) is 17.4 Å². The number of para-hydroxylation sites is 1. The third-order valence-electron chi connectivity index (χ3n) is 3.17. The van der Waals surface area contributed by atoms with Crippen molar-refractivity contribution >= 4 is 22.7 Å². The summed E-state index contributed by atoms with van der Waals surface area (Å²) < 4.78 is 0. The first-order valence-corrected chi connectivity index (χ1v) is 7.21. The number of anilines is 1. The van der Waals surface area contributed by atoms with Gasteiger partial charge in [0.05, 0.1) is 16.1 Å². The first-order chi connectivity index (χ1) is 10.0. The van der Waals surface area contributed by atoms with Crippen LogP contribution in [-0.2, 0) is 13.1 Å². The van der Waals surface area contributed by atoms with E-state index in [1.165, 1.54) is 10.9 Å². The quantitative estimate of drug-likeness (QED) is 0.483. The number of nitro groups is 1. The molecule has 0 bridgehead atoms. The number of aryl methyl sites for hydroxylation is 1. The Morgan fingerprint density at radius 2 is 2.24 bits per heavy atom. The van der Waals surface area contributed by atoms with Crippen LogP contribution < -0.4 is 11.3 Å². The molecular formula is C13H17N5O2S. The van der Waals surface area contributed by atoms with Crippen molar-refractivity contribution in [1.82, 2.24) is 9.88 Å². The van der Waals surface area contributed by atoms with Crippen molar-refractivity contribution in [2.24, 2.45) is 5.84 Å². The fourth-order valence-electron chi connectivity index (χ4n) is 2.11. The van der Waals surface area contributed by atoms with Crippen LogP contribution in [0.2, 0.25) is 0 Å². The van der Waals surface area contributed by atoms with E-state index < -0.39 is 4.92 Å². The minimum atomic E-state index is -0.438. The molecule has 0 aliphatic rings. The topological polar surface area (TPSA) is 97.3 Å². The summed E-state index contributed by atoms with van der Waals surface area (Å²) in [6.07, 6.45) is 0. The zero-order chi connectivity index (χ0) is 15.4. The molecule has 0 fully saturated rings. The Hall–Kier alpha value is -2.03. The molecule has 0 amide bonds. The average Bonchev–Trinajstić information content (AvgIpc) is 2.83. The van der Waals surface area contributed by atoms with E-state index in [2.05, 4.69) is 15.3 Å². The number of nitrogen functional groups attached to an aromatic ring is 1. The second-order valence-electron chi connectivity index (χ2n) is 4.75. The number of hydrogen-bond acceptors (Lipinski definition) is 7. The van der Waals surface area contributed by atoms with Gasteiger partial charge in [0.15, 0.2) is 0 Å². The summed E-state index contributed by atoms with van der Waals surface area (Å²) in [4.78, 5) is 18.0. The fraction of sp³-hybridized carbons (Fsp3) is 0.308. The molecule has 0 saturated heterocycles. The first kappa shape index (κ1) is 15.4. The van der Waals surface area contributed by atoms with Crippen LogP contribution in [0.25, 0.3) is 0 Å². The van der Waals surface area contributed by atoms with Crippen LogP contribution in [0, 0.1) is 17.0 Å². The second-order valence-corrected chi connectivity index (χ2v) is 5.69. The molecule has 7 nitrogen and oxygen atoms in total. The van der Waals surface area contributed by atoms with Gasteiger partial charge in [-0.15, -0.1) is 11.3 Å². The molecule has 0 spiro atoms. The Balaban J connectivity index is 2.17. The number of aromatic nitrogens is 1. The number of rotatable bonds is 6. The van der Waals surface area contributed by atoms with Gasteiger partial charge in [0.25, 0.3) is 5.69 Å². The number of nitro benzene ring substituents is 1. The molecule has 0 atom stereocenters. The van der Waals surface area contributed by atoms with Gasteiger partial charge >= 0.3 is 0 Å². The second kappa shape index (κ2) is 6.61. The number of benzene rings is 1. The molecule has 2 aromatic rings. The lowest BCUT2D eigenvalue weighted by atomic mass is 10.1. The van der Waals surface area contributed by atoms with Crippen LogP contribution in [0.3, 0.4) is 0 Å². The number of thiazole rings is 1. The fourth-order valence-corrected chi connectivity index (χ4v) is 2.96. The van der Waals surface area contributed by atoms with E-state index in [0.29, 0.717) is 12.2 Å². The third-order valence-corrected chi connectivity index (χ3v) is 4.09. The third kappa shape index (κ3) is 3.54. The van der Waals surface area contributed by atoms with E-state index in [4.69, 9.17) is 5.84 Å². The van der Waals surface area contributed by atoms with E-state index in [1.807, 2.05) is 25.5 Å². The number of nitrogens with zero attached hydrogens (tertiary/aromatic N) is 3. The average molecular weight is 307 g/mol. The summed E-state index contributed by atoms with van der Waals surface area (Å²) in [5, 5.41) is 11.0. The van der Waals surface area contributed by atoms with Crippen LogP contribution in [0.5, 0.6) is 0 Å². The number of hydrazine groups is 1. The molecule has 112 valence electrons. The highest BCUT2D eigenvalue weighted by atomic mass is 32.1. The van der Waals surface area contributed by atoms with Crippen molar-refractivity contribution in [3.8, 4) is 0 Å². The Kier molecular flexibility index (Phi) is 4.84. The summed E-state index contributed by atoms with van der Waals surface area (Å²) >= 11 is 1.61. The lowest BCUT2D eigenvalue weighted by Gasteiger charge is -2.18. The van der Waals surface area contributed by atoms with Gasteiger partial charge in [0.1, 0.15) is 5.69 Å². The number of hydrogen-bond donors (Lipinski definition) is 2. The predicted molar refractivity (Wildman–Crippen MR) is 82.9 cm³/mol. The standard InChI is InChI=1S/C13H17N5O2S/c1-9-12(21-8-15-9)7-17(2)6-10-4-3-5-11(18(19)20)13(10)16-14/h3-5,8,16H,6-7,14H2,1-2H3. The van der Waals surface area contributed by atoms with E-state index >= 15 is 0 Å². The maximum absolute atomic E-state index is 11.0. The van der Waals surface area contributed by atoms with E-state index in [-0.39, 0.29) is 5.69 Å². The van der Waals surface area contributed by atoms with Crippen molar-refractivity contribution < 1.29 is 4.92 Å². The van der Waals surface area contributed by atoms with Gasteiger partial charge in [0, 0.05) is 24.0 Å². The van der Waals surface area contributed by atoms with Crippen LogP contribution in [0.15, 0.2) is 23.7 Å². The highest BCUT2D eigenvalue weighted by molar-refractivity contribution is 7.09. The Labute approximate surface area is 126 Å². The number of nitrogens with one attached hydrogen (secondary N) is 1. The highest BCUT2D eigenvalue weighted by Crippen LogP contribution is 2.28. The van der Waals surface area contributed by atoms with Gasteiger partial charge in [-0.05, 0) is 19.5 Å². The monoisotopic (exact) mass is 307 g/mol. The summed E-state index contributed by atoms with van der Waals surface area (Å²) in [7, 11) is 1.96. The Morgan fingerprint density at radius 3 is 2.81 bits per heavy atom. The van der Waals surface area contributed by atoms with Crippen LogP contribution in [-0.4, -0.2) is 21.9 Å². The van der Waals surface area contributed by atoms with Crippen molar-refractivity contribution in [2.45, 2.75) is 20.0 Å². The zero-order valence-electron chi connectivity index (χ0n) is 11.9. The molecule has 0 aliphatic heterocycles. The van der Waals surface area contributed by atoms with Gasteiger partial charge in [-0.2, -0.15) is 0 Å². The van der Waals surface area contributed by atoms with E-state index in [0.717, 1.165) is 17.8 Å². The molecule has 0 radical (unpaired) electrons. The van der Waals surface area contributed by atoms with Crippen molar-refractivity contribution in [3.05, 3.63) is 50.0 Å². The molecule has 1 aromatic heterocycles. The normalized spacial score (nSPS) is 10.9. The first-order valence-electron chi connectivity index (χ1n) is 6.33. The minimum Gasteiger partial charge on any atom is -0.318 e. The maximum Gasteiger partial charge on any atom is 0.293 e. The Morgan fingerprint density at radius 1 is 1.48 bits per heavy atom. The molecule has 2 rings (SSSR count). The summed E-state index contributed by atoms with van der Waals surface area (Å²) in [5.74, 6) is 5.44. The molecule has 1 heterocycles. The van der Waals surface area contributed by atoms with Gasteiger partial charge in [-0.25, -0.2) is 4.98 Å². The Bertz CT molecular complexity index is 643. The van der Waals surface area contributed by atoms with Crippen LogP contribution >= 0.6 is 11.3 Å². The molecule has 1 aromatic carbocycles. The predicted octanol–water partition coefficient (Wildman–Crippen LogP) is 2.28. The number of nitrogens with two attached hydrogens (primary N) is 1.